The van der Waals surface area contributed by atoms with E-state index in [1.807, 2.05) is 0 Å². The van der Waals surface area contributed by atoms with Crippen LogP contribution >= 0.6 is 23.2 Å². The van der Waals surface area contributed by atoms with E-state index in [0.29, 0.717) is 0 Å². The second kappa shape index (κ2) is 3.26. The van der Waals surface area contributed by atoms with Crippen molar-refractivity contribution in [2.45, 2.75) is 22.6 Å². The van der Waals surface area contributed by atoms with Gasteiger partial charge in [0.05, 0.1) is 0 Å². The fourth-order valence-corrected chi connectivity index (χ4v) is 0.593. The van der Waals surface area contributed by atoms with E-state index < -0.39 is 22.6 Å². The molecular weight excluding hydrogens is 271 g/mol. The van der Waals surface area contributed by atoms with Gasteiger partial charge in [-0.3, -0.25) is 0 Å². The molecule has 0 heterocycles. The lowest BCUT2D eigenvalue weighted by atomic mass is 10.2. The second-order valence-electron chi connectivity index (χ2n) is 2.14. The van der Waals surface area contributed by atoms with Gasteiger partial charge in [-0.1, -0.05) is 23.2 Å². The maximum absolute atomic E-state index is 12.1. The molecule has 10 heteroatoms. The number of rotatable bonds is 2. The summed E-state index contributed by atoms with van der Waals surface area (Å²) in [5.74, 6) is -12.9. The van der Waals surface area contributed by atoms with Crippen LogP contribution in [0.25, 0.3) is 0 Å². The minimum absolute atomic E-state index is 3.88. The van der Waals surface area contributed by atoms with Gasteiger partial charge in [0.2, 0.25) is 0 Å². The first-order chi connectivity index (χ1) is 5.75. The average molecular weight is 271 g/mol. The van der Waals surface area contributed by atoms with Crippen molar-refractivity contribution in [2.24, 2.45) is 0 Å². The highest BCUT2D eigenvalue weighted by atomic mass is 35.5. The third-order valence-electron chi connectivity index (χ3n) is 1.11. The lowest BCUT2D eigenvalue weighted by molar-refractivity contribution is -0.363. The van der Waals surface area contributed by atoms with Crippen LogP contribution < -0.4 is 0 Å². The molecule has 0 saturated heterocycles. The number of hydrogen-bond donors (Lipinski definition) is 0. The predicted octanol–water partition coefficient (Wildman–Crippen LogP) is 3.92. The normalized spacial score (nSPS) is 15.9. The molecule has 0 radical (unpaired) electrons. The van der Waals surface area contributed by atoms with Crippen LogP contribution in [0.5, 0.6) is 0 Å². The molecule has 0 aliphatic rings. The summed E-state index contributed by atoms with van der Waals surface area (Å²) < 4.78 is 89.0. The van der Waals surface area contributed by atoms with Gasteiger partial charge in [0.15, 0.2) is 0 Å². The van der Waals surface area contributed by atoms with Gasteiger partial charge in [0, 0.05) is 0 Å². The Morgan fingerprint density at radius 2 is 0.857 bits per heavy atom. The van der Waals surface area contributed by atoms with Crippen LogP contribution in [0, 0.1) is 0 Å². The first-order valence-corrected chi connectivity index (χ1v) is 3.40. The fraction of sp³-hybridized carbons (Fsp3) is 1.00. The topological polar surface area (TPSA) is 0 Å². The van der Waals surface area contributed by atoms with Crippen LogP contribution in [0.3, 0.4) is 0 Å². The minimum atomic E-state index is -6.66. The zero-order chi connectivity index (χ0) is 12.0. The molecule has 0 aliphatic carbocycles. The van der Waals surface area contributed by atoms with E-state index in [0.717, 1.165) is 0 Å². The molecule has 0 aromatic carbocycles. The largest absolute Gasteiger partial charge is 0.460 e. The third kappa shape index (κ3) is 2.00. The molecule has 0 saturated carbocycles. The summed E-state index contributed by atoms with van der Waals surface area (Å²) in [5, 5.41) is 0. The van der Waals surface area contributed by atoms with Crippen LogP contribution in [0.1, 0.15) is 0 Å². The monoisotopic (exact) mass is 270 g/mol. The van der Waals surface area contributed by atoms with E-state index >= 15 is 0 Å². The van der Waals surface area contributed by atoms with Crippen LogP contribution in [-0.4, -0.2) is 22.6 Å². The van der Waals surface area contributed by atoms with Crippen molar-refractivity contribution >= 4 is 23.2 Å². The first-order valence-electron chi connectivity index (χ1n) is 2.64. The maximum Gasteiger partial charge on any atom is 0.460 e. The summed E-state index contributed by atoms with van der Waals surface area (Å²) in [4.78, 5) is 0. The van der Waals surface area contributed by atoms with Crippen molar-refractivity contribution < 1.29 is 35.1 Å². The molecule has 0 bridgehead atoms. The van der Waals surface area contributed by atoms with Crippen LogP contribution in [-0.2, 0) is 0 Å². The maximum atomic E-state index is 12.1. The highest BCUT2D eigenvalue weighted by molar-refractivity contribution is 6.47. The molecule has 0 aliphatic heterocycles. The van der Waals surface area contributed by atoms with Crippen molar-refractivity contribution in [3.8, 4) is 0 Å². The summed E-state index contributed by atoms with van der Waals surface area (Å²) in [7, 11) is 0. The molecule has 0 fully saturated rings. The molecule has 0 atom stereocenters. The quantitative estimate of drug-likeness (QED) is 0.527. The Labute approximate surface area is 81.8 Å². The Morgan fingerprint density at radius 3 is 0.929 bits per heavy atom. The molecule has 14 heavy (non-hydrogen) atoms. The first kappa shape index (κ1) is 14.0. The molecule has 0 aromatic rings. The van der Waals surface area contributed by atoms with E-state index in [2.05, 4.69) is 23.2 Å². The van der Waals surface area contributed by atoms with Gasteiger partial charge in [0.25, 0.3) is 0 Å². The Hall–Kier alpha value is 0.0200. The van der Waals surface area contributed by atoms with E-state index in [4.69, 9.17) is 0 Å². The van der Waals surface area contributed by atoms with Crippen LogP contribution in [0.4, 0.5) is 35.1 Å². The van der Waals surface area contributed by atoms with Gasteiger partial charge >= 0.3 is 22.6 Å². The van der Waals surface area contributed by atoms with Gasteiger partial charge in [-0.25, -0.2) is 4.39 Å². The second-order valence-corrected chi connectivity index (χ2v) is 3.38. The Balaban J connectivity index is 5.30. The molecule has 0 spiro atoms. The van der Waals surface area contributed by atoms with Crippen molar-refractivity contribution in [1.82, 2.24) is 0 Å². The van der Waals surface area contributed by atoms with Gasteiger partial charge in [-0.2, -0.15) is 30.7 Å². The zero-order valence-electron chi connectivity index (χ0n) is 5.78. The van der Waals surface area contributed by atoms with Gasteiger partial charge in [0.1, 0.15) is 0 Å². The van der Waals surface area contributed by atoms with Crippen molar-refractivity contribution in [3.63, 3.8) is 0 Å². The Morgan fingerprint density at radius 1 is 0.571 bits per heavy atom. The molecule has 0 amide bonds. The highest BCUT2D eigenvalue weighted by Crippen LogP contribution is 2.55. The molecular formula is C4Cl2F8. The van der Waals surface area contributed by atoms with Gasteiger partial charge < -0.3 is 0 Å². The van der Waals surface area contributed by atoms with Crippen LogP contribution in [0.2, 0.25) is 0 Å². The average Bonchev–Trinajstić information content (AvgIpc) is 1.81. The van der Waals surface area contributed by atoms with Gasteiger partial charge in [-0.05, 0) is 0 Å². The molecule has 0 rings (SSSR count). The Kier molecular flexibility index (Phi) is 3.27. The molecule has 0 aromatic heterocycles. The molecule has 0 N–H and O–H groups in total. The Bertz CT molecular complexity index is 188. The van der Waals surface area contributed by atoms with Crippen LogP contribution in [0.15, 0.2) is 0 Å². The highest BCUT2D eigenvalue weighted by Gasteiger charge is 2.80. The van der Waals surface area contributed by atoms with E-state index in [-0.39, 0.29) is 0 Å². The molecule has 0 nitrogen and oxygen atoms in total. The lowest BCUT2D eigenvalue weighted by Gasteiger charge is -2.31. The standard InChI is InChI=1S/C4Cl2F8/c5-3(6,11)1(7,8)2(9,10)4(12,13)14. The number of alkyl halides is 10. The summed E-state index contributed by atoms with van der Waals surface area (Å²) in [5.41, 5.74) is 0. The summed E-state index contributed by atoms with van der Waals surface area (Å²) in [6.45, 7) is 0. The number of halogens is 10. The fourth-order valence-electron chi connectivity index (χ4n) is 0.356. The van der Waals surface area contributed by atoms with Crippen molar-refractivity contribution in [3.05, 3.63) is 0 Å². The van der Waals surface area contributed by atoms with Crippen molar-refractivity contribution in [1.29, 1.82) is 0 Å². The minimum Gasteiger partial charge on any atom is -0.201 e. The zero-order valence-corrected chi connectivity index (χ0v) is 7.29. The van der Waals surface area contributed by atoms with E-state index in [1.54, 1.807) is 0 Å². The van der Waals surface area contributed by atoms with Crippen molar-refractivity contribution in [2.75, 3.05) is 0 Å². The molecule has 0 unspecified atom stereocenters. The smallest absolute Gasteiger partial charge is 0.201 e. The summed E-state index contributed by atoms with van der Waals surface area (Å²) >= 11 is 7.77. The summed E-state index contributed by atoms with van der Waals surface area (Å²) in [6.07, 6.45) is -6.66. The number of hydrogen-bond acceptors (Lipinski definition) is 0. The SMILES string of the molecule is FC(F)(F)C(F)(F)C(F)(F)C(F)(Cl)Cl. The predicted molar refractivity (Wildman–Crippen MR) is 31.5 cm³/mol. The summed E-state index contributed by atoms with van der Waals surface area (Å²) in [6, 6.07) is 0. The molecule has 86 valence electrons. The lowest BCUT2D eigenvalue weighted by Crippen LogP contribution is -2.58. The third-order valence-corrected chi connectivity index (χ3v) is 1.58. The van der Waals surface area contributed by atoms with Gasteiger partial charge in [-0.15, -0.1) is 0 Å². The van der Waals surface area contributed by atoms with E-state index in [9.17, 15) is 35.1 Å². The van der Waals surface area contributed by atoms with E-state index in [1.165, 1.54) is 0 Å².